The minimum Gasteiger partial charge on any atom is -0.351 e. The van der Waals surface area contributed by atoms with Gasteiger partial charge in [0.25, 0.3) is 16.0 Å². The molecule has 8 nitrogen and oxygen atoms in total. The molecule has 1 heterocycles. The molecular weight excluding hydrogens is 598 g/mol. The zero-order chi connectivity index (χ0) is 33.1. The number of amides is 2. The molecule has 0 saturated heterocycles. The molecule has 2 amide bonds. The van der Waals surface area contributed by atoms with Crippen LogP contribution in [-0.4, -0.2) is 41.6 Å². The summed E-state index contributed by atoms with van der Waals surface area (Å²) in [5, 5.41) is 6.77. The summed E-state index contributed by atoms with van der Waals surface area (Å²) in [5.41, 5.74) is 7.22. The number of anilines is 1. The fourth-order valence-corrected chi connectivity index (χ4v) is 5.88. The number of aryl methyl sites for hydroxylation is 1. The highest BCUT2D eigenvalue weighted by atomic mass is 32.2. The molecule has 0 aliphatic carbocycles. The normalized spacial score (nSPS) is 12.5. The van der Waals surface area contributed by atoms with Crippen molar-refractivity contribution < 1.29 is 22.6 Å². The lowest BCUT2D eigenvalue weighted by Crippen LogP contribution is -2.28. The number of nitrogens with zero attached hydrogens (tertiary/aromatic N) is 1. The van der Waals surface area contributed by atoms with E-state index in [1.165, 1.54) is 10.9 Å². The second-order valence-electron chi connectivity index (χ2n) is 12.6. The Kier molecular flexibility index (Phi) is 9.46. The molecular formula is C37H39N3O5S. The summed E-state index contributed by atoms with van der Waals surface area (Å²) >= 11 is 0. The number of carbonyl (C=O) groups is 2. The first-order valence-electron chi connectivity index (χ1n) is 15.2. The maximum atomic E-state index is 13.9. The SMILES string of the molecule is Cn1c(-c2ccc(NC(=O)C(Cc3ccc(C(=O)NCCS(=O)(=O)O)cc3)c3ccc(C(C)(C)C)cc3)cc2)cc2ccccc21. The second-order valence-corrected chi connectivity index (χ2v) is 14.2. The van der Waals surface area contributed by atoms with E-state index in [4.69, 9.17) is 4.55 Å². The van der Waals surface area contributed by atoms with Gasteiger partial charge in [0, 0.05) is 41.4 Å². The average molecular weight is 638 g/mol. The molecule has 4 aromatic carbocycles. The lowest BCUT2D eigenvalue weighted by molar-refractivity contribution is -0.117. The minimum absolute atomic E-state index is 0.0278. The molecule has 0 bridgehead atoms. The highest BCUT2D eigenvalue weighted by Crippen LogP contribution is 2.30. The number of fused-ring (bicyclic) bond motifs is 1. The Balaban J connectivity index is 1.34. The lowest BCUT2D eigenvalue weighted by atomic mass is 9.84. The van der Waals surface area contributed by atoms with Gasteiger partial charge in [0.15, 0.2) is 0 Å². The van der Waals surface area contributed by atoms with Gasteiger partial charge in [0.2, 0.25) is 5.91 Å². The van der Waals surface area contributed by atoms with Crippen molar-refractivity contribution in [3.8, 4) is 11.3 Å². The monoisotopic (exact) mass is 637 g/mol. The van der Waals surface area contributed by atoms with Crippen molar-refractivity contribution in [2.45, 2.75) is 38.5 Å². The van der Waals surface area contributed by atoms with E-state index >= 15 is 0 Å². The maximum absolute atomic E-state index is 13.9. The van der Waals surface area contributed by atoms with Gasteiger partial charge in [-0.05, 0) is 70.5 Å². The molecule has 5 aromatic rings. The molecule has 0 saturated carbocycles. The van der Waals surface area contributed by atoms with E-state index in [9.17, 15) is 18.0 Å². The van der Waals surface area contributed by atoms with Crippen LogP contribution in [0.15, 0.2) is 103 Å². The number of nitrogens with one attached hydrogen (secondary N) is 2. The molecule has 1 atom stereocenters. The fraction of sp³-hybridized carbons (Fsp3) is 0.243. The number of aromatic nitrogens is 1. The first-order chi connectivity index (χ1) is 21.8. The van der Waals surface area contributed by atoms with Gasteiger partial charge >= 0.3 is 0 Å². The van der Waals surface area contributed by atoms with Crippen LogP contribution in [0.3, 0.4) is 0 Å². The van der Waals surface area contributed by atoms with E-state index < -0.39 is 27.7 Å². The Morgan fingerprint density at radius 3 is 2.13 bits per heavy atom. The van der Waals surface area contributed by atoms with E-state index in [1.54, 1.807) is 24.3 Å². The zero-order valence-corrected chi connectivity index (χ0v) is 27.3. The number of benzene rings is 4. The molecule has 0 spiro atoms. The van der Waals surface area contributed by atoms with Crippen molar-refractivity contribution in [3.05, 3.63) is 125 Å². The van der Waals surface area contributed by atoms with Gasteiger partial charge in [-0.25, -0.2) is 0 Å². The van der Waals surface area contributed by atoms with Crippen LogP contribution in [0, 0.1) is 0 Å². The second kappa shape index (κ2) is 13.3. The smallest absolute Gasteiger partial charge is 0.266 e. The Bertz CT molecular complexity index is 1960. The fourth-order valence-electron chi connectivity index (χ4n) is 5.52. The van der Waals surface area contributed by atoms with Gasteiger partial charge < -0.3 is 15.2 Å². The third kappa shape index (κ3) is 7.91. The van der Waals surface area contributed by atoms with Gasteiger partial charge in [-0.2, -0.15) is 8.42 Å². The number of hydrogen-bond acceptors (Lipinski definition) is 4. The van der Waals surface area contributed by atoms with Crippen molar-refractivity contribution in [3.63, 3.8) is 0 Å². The number of para-hydroxylation sites is 1. The summed E-state index contributed by atoms with van der Waals surface area (Å²) in [6.45, 7) is 6.24. The first-order valence-corrected chi connectivity index (χ1v) is 16.8. The molecule has 0 aliphatic heterocycles. The van der Waals surface area contributed by atoms with Gasteiger partial charge in [-0.15, -0.1) is 0 Å². The van der Waals surface area contributed by atoms with Crippen molar-refractivity contribution >= 4 is 38.5 Å². The maximum Gasteiger partial charge on any atom is 0.266 e. The van der Waals surface area contributed by atoms with Crippen LogP contribution >= 0.6 is 0 Å². The number of hydrogen-bond donors (Lipinski definition) is 3. The van der Waals surface area contributed by atoms with Gasteiger partial charge in [0.1, 0.15) is 0 Å². The number of rotatable bonds is 10. The highest BCUT2D eigenvalue weighted by Gasteiger charge is 2.23. The van der Waals surface area contributed by atoms with Gasteiger partial charge in [0.05, 0.1) is 11.7 Å². The van der Waals surface area contributed by atoms with E-state index in [1.807, 2.05) is 55.6 Å². The van der Waals surface area contributed by atoms with Gasteiger partial charge in [-0.3, -0.25) is 14.1 Å². The third-order valence-electron chi connectivity index (χ3n) is 8.20. The standard InChI is InChI=1S/C37H39N3O5S/c1-37(2,3)30-17-13-26(14-18-30)32(23-25-9-11-28(12-10-25)35(41)38-21-22-46(43,44)45)36(42)39-31-19-15-27(16-20-31)34-24-29-7-5-6-8-33(29)40(34)4/h5-20,24,32H,21-23H2,1-4H3,(H,38,41)(H,39,42)(H,43,44,45). The molecule has 46 heavy (non-hydrogen) atoms. The third-order valence-corrected chi connectivity index (χ3v) is 8.92. The zero-order valence-electron chi connectivity index (χ0n) is 26.4. The van der Waals surface area contributed by atoms with E-state index in [-0.39, 0.29) is 17.9 Å². The summed E-state index contributed by atoms with van der Waals surface area (Å²) in [6.07, 6.45) is 0.402. The molecule has 5 rings (SSSR count). The van der Waals surface area contributed by atoms with E-state index in [2.05, 4.69) is 66.3 Å². The molecule has 1 unspecified atom stereocenters. The van der Waals surface area contributed by atoms with Crippen LogP contribution in [0.1, 0.15) is 53.7 Å². The average Bonchev–Trinajstić information content (AvgIpc) is 3.35. The largest absolute Gasteiger partial charge is 0.351 e. The van der Waals surface area contributed by atoms with E-state index in [0.717, 1.165) is 27.9 Å². The predicted molar refractivity (Wildman–Crippen MR) is 184 cm³/mol. The Morgan fingerprint density at radius 2 is 1.52 bits per heavy atom. The minimum atomic E-state index is -4.17. The quantitative estimate of drug-likeness (QED) is 0.147. The van der Waals surface area contributed by atoms with Crippen LogP contribution < -0.4 is 10.6 Å². The van der Waals surface area contributed by atoms with Crippen LogP contribution in [0.2, 0.25) is 0 Å². The molecule has 0 aliphatic rings. The molecule has 3 N–H and O–H groups in total. The van der Waals surface area contributed by atoms with Crippen molar-refractivity contribution in [1.29, 1.82) is 0 Å². The predicted octanol–water partition coefficient (Wildman–Crippen LogP) is 6.73. The van der Waals surface area contributed by atoms with Crippen LogP contribution in [0.4, 0.5) is 5.69 Å². The lowest BCUT2D eigenvalue weighted by Gasteiger charge is -2.22. The Hall–Kier alpha value is -4.73. The van der Waals surface area contributed by atoms with Crippen molar-refractivity contribution in [2.75, 3.05) is 17.6 Å². The molecule has 9 heteroatoms. The van der Waals surface area contributed by atoms with Crippen LogP contribution in [-0.2, 0) is 33.8 Å². The van der Waals surface area contributed by atoms with Crippen molar-refractivity contribution in [1.82, 2.24) is 9.88 Å². The Morgan fingerprint density at radius 1 is 0.870 bits per heavy atom. The molecule has 0 fully saturated rings. The summed E-state index contributed by atoms with van der Waals surface area (Å²) in [5.74, 6) is -1.66. The van der Waals surface area contributed by atoms with Crippen molar-refractivity contribution in [2.24, 2.45) is 7.05 Å². The first kappa shape index (κ1) is 32.7. The topological polar surface area (TPSA) is 118 Å². The molecule has 1 aromatic heterocycles. The van der Waals surface area contributed by atoms with E-state index in [0.29, 0.717) is 17.7 Å². The highest BCUT2D eigenvalue weighted by molar-refractivity contribution is 7.85. The summed E-state index contributed by atoms with van der Waals surface area (Å²) < 4.78 is 32.9. The molecule has 0 radical (unpaired) electrons. The van der Waals surface area contributed by atoms with Crippen LogP contribution in [0.5, 0.6) is 0 Å². The summed E-state index contributed by atoms with van der Waals surface area (Å²) in [4.78, 5) is 26.3. The van der Waals surface area contributed by atoms with Crippen LogP contribution in [0.25, 0.3) is 22.2 Å². The molecule has 238 valence electrons. The van der Waals surface area contributed by atoms with Gasteiger partial charge in [-0.1, -0.05) is 87.5 Å². The number of carbonyl (C=O) groups excluding carboxylic acids is 2. The summed E-state index contributed by atoms with van der Waals surface area (Å²) in [6, 6.07) is 33.3. The summed E-state index contributed by atoms with van der Waals surface area (Å²) in [7, 11) is -2.12. The Labute approximate surface area is 270 Å².